The van der Waals surface area contributed by atoms with Crippen molar-refractivity contribution in [2.24, 2.45) is 0 Å². The van der Waals surface area contributed by atoms with Gasteiger partial charge >= 0.3 is 6.09 Å². The Labute approximate surface area is 82.5 Å². The number of nitrogens with one attached hydrogen (secondary N) is 2. The topological polar surface area (TPSA) is 78.4 Å². The molecule has 5 heteroatoms. The lowest BCUT2D eigenvalue weighted by molar-refractivity contribution is -0.122. The van der Waals surface area contributed by atoms with E-state index in [2.05, 4.69) is 23.8 Å². The summed E-state index contributed by atoms with van der Waals surface area (Å²) in [4.78, 5) is 21.6. The molecule has 5 nitrogen and oxygen atoms in total. The van der Waals surface area contributed by atoms with Gasteiger partial charge in [-0.2, -0.15) is 0 Å². The van der Waals surface area contributed by atoms with Gasteiger partial charge in [0.2, 0.25) is 5.91 Å². The maximum Gasteiger partial charge on any atom is 0.405 e. The molecule has 0 aliphatic carbocycles. The van der Waals surface area contributed by atoms with Crippen molar-refractivity contribution < 1.29 is 14.7 Å². The monoisotopic (exact) mass is 198 g/mol. The van der Waals surface area contributed by atoms with Gasteiger partial charge in [0, 0.05) is 6.54 Å². The van der Waals surface area contributed by atoms with Crippen LogP contribution in [0.5, 0.6) is 0 Å². The molecule has 1 atom stereocenters. The molecule has 0 rings (SSSR count). The first kappa shape index (κ1) is 12.2. The fourth-order valence-corrected chi connectivity index (χ4v) is 0.843. The average molecular weight is 198 g/mol. The lowest BCUT2D eigenvalue weighted by Crippen LogP contribution is -2.46. The van der Waals surface area contributed by atoms with Crippen molar-refractivity contribution in [1.29, 1.82) is 0 Å². The van der Waals surface area contributed by atoms with Gasteiger partial charge in [-0.15, -0.1) is 13.2 Å². The predicted octanol–water partition coefficient (Wildman–Crippen LogP) is 0.501. The van der Waals surface area contributed by atoms with Gasteiger partial charge in [0.1, 0.15) is 6.04 Å². The molecule has 0 fully saturated rings. The SMILES string of the molecule is C=CCNC(=O)[C@H](CC=C)NC(=O)O. The van der Waals surface area contributed by atoms with Crippen LogP contribution >= 0.6 is 0 Å². The lowest BCUT2D eigenvalue weighted by Gasteiger charge is -2.13. The van der Waals surface area contributed by atoms with Crippen LogP contribution in [-0.4, -0.2) is 29.7 Å². The molecule has 0 unspecified atom stereocenters. The summed E-state index contributed by atoms with van der Waals surface area (Å²) in [5.74, 6) is -0.382. The largest absolute Gasteiger partial charge is 0.465 e. The molecule has 0 aromatic heterocycles. The Hall–Kier alpha value is -1.78. The van der Waals surface area contributed by atoms with Crippen molar-refractivity contribution in [2.45, 2.75) is 12.5 Å². The van der Waals surface area contributed by atoms with Gasteiger partial charge < -0.3 is 15.7 Å². The van der Waals surface area contributed by atoms with Gasteiger partial charge in [-0.3, -0.25) is 4.79 Å². The highest BCUT2D eigenvalue weighted by molar-refractivity contribution is 5.85. The summed E-state index contributed by atoms with van der Waals surface area (Å²) in [7, 11) is 0. The molecular formula is C9H14N2O3. The summed E-state index contributed by atoms with van der Waals surface area (Å²) in [6.45, 7) is 7.18. The number of amides is 2. The maximum absolute atomic E-state index is 11.3. The second-order valence-corrected chi connectivity index (χ2v) is 2.56. The average Bonchev–Trinajstić information content (AvgIpc) is 2.13. The second-order valence-electron chi connectivity index (χ2n) is 2.56. The van der Waals surface area contributed by atoms with Gasteiger partial charge in [0.05, 0.1) is 0 Å². The molecule has 0 radical (unpaired) electrons. The molecule has 0 bridgehead atoms. The van der Waals surface area contributed by atoms with Crippen LogP contribution in [0.15, 0.2) is 25.3 Å². The molecule has 0 saturated carbocycles. The zero-order chi connectivity index (χ0) is 11.0. The van der Waals surface area contributed by atoms with E-state index >= 15 is 0 Å². The molecule has 0 spiro atoms. The van der Waals surface area contributed by atoms with Crippen molar-refractivity contribution >= 4 is 12.0 Å². The minimum absolute atomic E-state index is 0.259. The highest BCUT2D eigenvalue weighted by atomic mass is 16.4. The Morgan fingerprint density at radius 3 is 2.43 bits per heavy atom. The standard InChI is InChI=1S/C9H14N2O3/c1-3-5-7(11-9(13)14)8(12)10-6-4-2/h3-4,7,11H,1-2,5-6H2,(H,10,12)(H,13,14)/t7-/m0/s1. The summed E-state index contributed by atoms with van der Waals surface area (Å²) < 4.78 is 0. The van der Waals surface area contributed by atoms with Gasteiger partial charge in [-0.05, 0) is 6.42 Å². The first-order valence-electron chi connectivity index (χ1n) is 4.10. The van der Waals surface area contributed by atoms with E-state index in [9.17, 15) is 9.59 Å². The molecule has 0 aliphatic heterocycles. The molecule has 3 N–H and O–H groups in total. The van der Waals surface area contributed by atoms with Crippen molar-refractivity contribution in [2.75, 3.05) is 6.54 Å². The summed E-state index contributed by atoms with van der Waals surface area (Å²) in [6.07, 6.45) is 2.03. The van der Waals surface area contributed by atoms with E-state index in [0.29, 0.717) is 6.54 Å². The van der Waals surface area contributed by atoms with Crippen LogP contribution in [0.25, 0.3) is 0 Å². The normalized spacial score (nSPS) is 11.1. The zero-order valence-electron chi connectivity index (χ0n) is 7.82. The summed E-state index contributed by atoms with van der Waals surface area (Å²) in [6, 6.07) is -0.787. The lowest BCUT2D eigenvalue weighted by atomic mass is 10.2. The summed E-state index contributed by atoms with van der Waals surface area (Å²) in [5.41, 5.74) is 0. The van der Waals surface area contributed by atoms with Crippen molar-refractivity contribution in [3.8, 4) is 0 Å². The number of carboxylic acid groups (broad SMARTS) is 1. The van der Waals surface area contributed by atoms with E-state index in [0.717, 1.165) is 0 Å². The Morgan fingerprint density at radius 1 is 1.36 bits per heavy atom. The van der Waals surface area contributed by atoms with Gasteiger partial charge in [-0.25, -0.2) is 4.79 Å². The third-order valence-electron chi connectivity index (χ3n) is 1.44. The molecule has 0 aromatic carbocycles. The van der Waals surface area contributed by atoms with E-state index < -0.39 is 12.1 Å². The molecule has 0 aliphatic rings. The van der Waals surface area contributed by atoms with E-state index in [1.54, 1.807) is 0 Å². The van der Waals surface area contributed by atoms with Crippen molar-refractivity contribution in [3.05, 3.63) is 25.3 Å². The highest BCUT2D eigenvalue weighted by Gasteiger charge is 2.17. The fourth-order valence-electron chi connectivity index (χ4n) is 0.843. The Kier molecular flexibility index (Phi) is 5.85. The number of carbonyl (C=O) groups is 2. The number of hydrogen-bond donors (Lipinski definition) is 3. The fraction of sp³-hybridized carbons (Fsp3) is 0.333. The van der Waals surface area contributed by atoms with Crippen molar-refractivity contribution in [3.63, 3.8) is 0 Å². The van der Waals surface area contributed by atoms with Gasteiger partial charge in [0.25, 0.3) is 0 Å². The quantitative estimate of drug-likeness (QED) is 0.544. The summed E-state index contributed by atoms with van der Waals surface area (Å²) >= 11 is 0. The summed E-state index contributed by atoms with van der Waals surface area (Å²) in [5, 5.41) is 13.0. The van der Waals surface area contributed by atoms with Crippen LogP contribution in [0.2, 0.25) is 0 Å². The maximum atomic E-state index is 11.3. The van der Waals surface area contributed by atoms with E-state index in [1.165, 1.54) is 12.2 Å². The number of hydrogen-bond acceptors (Lipinski definition) is 2. The zero-order valence-corrected chi connectivity index (χ0v) is 7.82. The first-order valence-corrected chi connectivity index (χ1v) is 4.10. The minimum atomic E-state index is -1.23. The van der Waals surface area contributed by atoms with Gasteiger partial charge in [-0.1, -0.05) is 12.2 Å². The molecular weight excluding hydrogens is 184 g/mol. The molecule has 0 aromatic rings. The molecule has 0 saturated heterocycles. The van der Waals surface area contributed by atoms with Crippen LogP contribution < -0.4 is 10.6 Å². The third-order valence-corrected chi connectivity index (χ3v) is 1.44. The molecule has 78 valence electrons. The van der Waals surface area contributed by atoms with Crippen LogP contribution in [0.1, 0.15) is 6.42 Å². The first-order chi connectivity index (χ1) is 6.61. The predicted molar refractivity (Wildman–Crippen MR) is 53.0 cm³/mol. The number of carbonyl (C=O) groups excluding carboxylic acids is 1. The van der Waals surface area contributed by atoms with Crippen molar-refractivity contribution in [1.82, 2.24) is 10.6 Å². The smallest absolute Gasteiger partial charge is 0.405 e. The van der Waals surface area contributed by atoms with Crippen LogP contribution in [0, 0.1) is 0 Å². The Bertz CT molecular complexity index is 238. The van der Waals surface area contributed by atoms with Gasteiger partial charge in [0.15, 0.2) is 0 Å². The molecule has 0 heterocycles. The third kappa shape index (κ3) is 4.97. The van der Waals surface area contributed by atoms with E-state index in [1.807, 2.05) is 0 Å². The Balaban J connectivity index is 4.16. The van der Waals surface area contributed by atoms with Crippen LogP contribution in [0.3, 0.4) is 0 Å². The second kappa shape index (κ2) is 6.71. The molecule has 2 amide bonds. The number of rotatable bonds is 6. The highest BCUT2D eigenvalue weighted by Crippen LogP contribution is 1.93. The van der Waals surface area contributed by atoms with Crippen LogP contribution in [0.4, 0.5) is 4.79 Å². The molecule has 14 heavy (non-hydrogen) atoms. The van der Waals surface area contributed by atoms with E-state index in [4.69, 9.17) is 5.11 Å². The minimum Gasteiger partial charge on any atom is -0.465 e. The van der Waals surface area contributed by atoms with E-state index in [-0.39, 0.29) is 12.3 Å². The Morgan fingerprint density at radius 2 is 2.00 bits per heavy atom. The van der Waals surface area contributed by atoms with Crippen LogP contribution in [-0.2, 0) is 4.79 Å².